The van der Waals surface area contributed by atoms with E-state index in [1.165, 1.54) is 0 Å². The largest absolute Gasteiger partial charge is 0.444 e. The van der Waals surface area contributed by atoms with Crippen LogP contribution < -0.4 is 10.2 Å². The standard InChI is InChI=1S/C15H20N2O2/c1-11-4-2-3-5-13(11)17-10-14(19-15(17)18)12-6-8-16-9-7-12/h2-5,12,14,16H,6-10H2,1H3. The zero-order valence-corrected chi connectivity index (χ0v) is 11.3. The number of anilines is 1. The number of aryl methyl sites for hydroxylation is 1. The molecule has 1 atom stereocenters. The number of hydrogen-bond acceptors (Lipinski definition) is 3. The summed E-state index contributed by atoms with van der Waals surface area (Å²) in [5.41, 5.74) is 2.09. The fourth-order valence-electron chi connectivity index (χ4n) is 3.01. The normalized spacial score (nSPS) is 24.6. The molecule has 1 amide bonds. The summed E-state index contributed by atoms with van der Waals surface area (Å²) in [6.07, 6.45) is 2.05. The van der Waals surface area contributed by atoms with Crippen LogP contribution in [0.3, 0.4) is 0 Å². The molecule has 4 heteroatoms. The second-order valence-electron chi connectivity index (χ2n) is 5.41. The van der Waals surface area contributed by atoms with Gasteiger partial charge >= 0.3 is 6.09 Å². The van der Waals surface area contributed by atoms with E-state index in [0.717, 1.165) is 37.2 Å². The van der Waals surface area contributed by atoms with Crippen LogP contribution in [0.1, 0.15) is 18.4 Å². The molecule has 0 aromatic heterocycles. The molecule has 3 rings (SSSR count). The number of rotatable bonds is 2. The van der Waals surface area contributed by atoms with Crippen molar-refractivity contribution in [1.29, 1.82) is 0 Å². The molecule has 0 bridgehead atoms. The molecule has 0 aliphatic carbocycles. The van der Waals surface area contributed by atoms with Gasteiger partial charge in [0, 0.05) is 5.92 Å². The lowest BCUT2D eigenvalue weighted by Crippen LogP contribution is -2.36. The molecule has 0 saturated carbocycles. The fraction of sp³-hybridized carbons (Fsp3) is 0.533. The average molecular weight is 260 g/mol. The van der Waals surface area contributed by atoms with Crippen LogP contribution in [0.4, 0.5) is 10.5 Å². The highest BCUT2D eigenvalue weighted by Crippen LogP contribution is 2.30. The molecular formula is C15H20N2O2. The fourth-order valence-corrected chi connectivity index (χ4v) is 3.01. The number of carbonyl (C=O) groups excluding carboxylic acids is 1. The third-order valence-electron chi connectivity index (χ3n) is 4.15. The van der Waals surface area contributed by atoms with Gasteiger partial charge in [0.2, 0.25) is 0 Å². The molecule has 1 unspecified atom stereocenters. The van der Waals surface area contributed by atoms with E-state index in [9.17, 15) is 4.79 Å². The lowest BCUT2D eigenvalue weighted by atomic mass is 9.92. The van der Waals surface area contributed by atoms with E-state index in [0.29, 0.717) is 12.5 Å². The van der Waals surface area contributed by atoms with E-state index in [1.54, 1.807) is 4.90 Å². The number of cyclic esters (lactones) is 1. The van der Waals surface area contributed by atoms with Crippen LogP contribution in [0.25, 0.3) is 0 Å². The van der Waals surface area contributed by atoms with Gasteiger partial charge in [-0.2, -0.15) is 0 Å². The maximum Gasteiger partial charge on any atom is 0.414 e. The van der Waals surface area contributed by atoms with Crippen molar-refractivity contribution in [2.24, 2.45) is 5.92 Å². The lowest BCUT2D eigenvalue weighted by molar-refractivity contribution is 0.0919. The Hall–Kier alpha value is -1.55. The van der Waals surface area contributed by atoms with Gasteiger partial charge in [-0.25, -0.2) is 4.79 Å². The number of piperidine rings is 1. The molecule has 1 aromatic carbocycles. The summed E-state index contributed by atoms with van der Waals surface area (Å²) in [4.78, 5) is 13.8. The Morgan fingerprint density at radius 1 is 1.26 bits per heavy atom. The first kappa shape index (κ1) is 12.5. The van der Waals surface area contributed by atoms with Crippen LogP contribution in [0.5, 0.6) is 0 Å². The van der Waals surface area contributed by atoms with E-state index in [-0.39, 0.29) is 12.2 Å². The first-order chi connectivity index (χ1) is 9.25. The molecule has 2 fully saturated rings. The Morgan fingerprint density at radius 2 is 2.00 bits per heavy atom. The SMILES string of the molecule is Cc1ccccc1N1CC(C2CCNCC2)OC1=O. The van der Waals surface area contributed by atoms with Gasteiger partial charge in [0.05, 0.1) is 12.2 Å². The van der Waals surface area contributed by atoms with Crippen molar-refractivity contribution in [2.75, 3.05) is 24.5 Å². The van der Waals surface area contributed by atoms with Crippen molar-refractivity contribution in [3.05, 3.63) is 29.8 Å². The number of benzene rings is 1. The Labute approximate surface area is 113 Å². The number of carbonyl (C=O) groups is 1. The Balaban J connectivity index is 1.75. The predicted octanol–water partition coefficient (Wildman–Crippen LogP) is 2.32. The number of para-hydroxylation sites is 1. The van der Waals surface area contributed by atoms with Gasteiger partial charge in [-0.15, -0.1) is 0 Å². The molecule has 4 nitrogen and oxygen atoms in total. The first-order valence-electron chi connectivity index (χ1n) is 7.00. The van der Waals surface area contributed by atoms with Crippen molar-refractivity contribution in [3.63, 3.8) is 0 Å². The summed E-state index contributed by atoms with van der Waals surface area (Å²) in [6, 6.07) is 7.97. The molecule has 2 aliphatic heterocycles. The minimum absolute atomic E-state index is 0.0502. The lowest BCUT2D eigenvalue weighted by Gasteiger charge is -2.26. The summed E-state index contributed by atoms with van der Waals surface area (Å²) < 4.78 is 5.58. The van der Waals surface area contributed by atoms with Crippen LogP contribution >= 0.6 is 0 Å². The Kier molecular flexibility index (Phi) is 3.42. The number of hydrogen-bond donors (Lipinski definition) is 1. The summed E-state index contributed by atoms with van der Waals surface area (Å²) in [5.74, 6) is 0.499. The number of nitrogens with one attached hydrogen (secondary N) is 1. The third kappa shape index (κ3) is 2.45. The van der Waals surface area contributed by atoms with E-state index in [4.69, 9.17) is 4.74 Å². The Bertz CT molecular complexity index is 469. The van der Waals surface area contributed by atoms with Crippen LogP contribution in [-0.4, -0.2) is 31.8 Å². The summed E-state index contributed by atoms with van der Waals surface area (Å²) in [6.45, 7) is 4.78. The third-order valence-corrected chi connectivity index (χ3v) is 4.15. The molecule has 19 heavy (non-hydrogen) atoms. The zero-order valence-electron chi connectivity index (χ0n) is 11.3. The van der Waals surface area contributed by atoms with Gasteiger partial charge in [0.15, 0.2) is 0 Å². The monoisotopic (exact) mass is 260 g/mol. The van der Waals surface area contributed by atoms with Gasteiger partial charge in [-0.3, -0.25) is 4.90 Å². The van der Waals surface area contributed by atoms with Crippen molar-refractivity contribution in [3.8, 4) is 0 Å². The maximum absolute atomic E-state index is 12.1. The number of amides is 1. The van der Waals surface area contributed by atoms with Crippen LogP contribution in [0.15, 0.2) is 24.3 Å². The number of ether oxygens (including phenoxy) is 1. The van der Waals surface area contributed by atoms with Gasteiger partial charge in [-0.1, -0.05) is 18.2 Å². The highest BCUT2D eigenvalue weighted by Gasteiger charge is 2.37. The highest BCUT2D eigenvalue weighted by atomic mass is 16.6. The summed E-state index contributed by atoms with van der Waals surface area (Å²) >= 11 is 0. The second-order valence-corrected chi connectivity index (χ2v) is 5.41. The van der Waals surface area contributed by atoms with Crippen molar-refractivity contribution in [1.82, 2.24) is 5.32 Å². The molecule has 0 spiro atoms. The van der Waals surface area contributed by atoms with E-state index >= 15 is 0 Å². The molecule has 0 radical (unpaired) electrons. The molecular weight excluding hydrogens is 240 g/mol. The highest BCUT2D eigenvalue weighted by molar-refractivity contribution is 5.90. The zero-order chi connectivity index (χ0) is 13.2. The molecule has 2 heterocycles. The van der Waals surface area contributed by atoms with Gasteiger partial charge in [0.1, 0.15) is 6.10 Å². The minimum atomic E-state index is -0.196. The van der Waals surface area contributed by atoms with Crippen LogP contribution in [-0.2, 0) is 4.74 Å². The predicted molar refractivity (Wildman–Crippen MR) is 74.4 cm³/mol. The van der Waals surface area contributed by atoms with Crippen molar-refractivity contribution >= 4 is 11.8 Å². The molecule has 102 valence electrons. The minimum Gasteiger partial charge on any atom is -0.444 e. The average Bonchev–Trinajstić information content (AvgIpc) is 2.82. The summed E-state index contributed by atoms with van der Waals surface area (Å²) in [5, 5.41) is 3.35. The number of nitrogens with zero attached hydrogens (tertiary/aromatic N) is 1. The molecule has 1 N–H and O–H groups in total. The van der Waals surface area contributed by atoms with E-state index in [1.807, 2.05) is 31.2 Å². The van der Waals surface area contributed by atoms with Crippen molar-refractivity contribution < 1.29 is 9.53 Å². The molecule has 2 saturated heterocycles. The second kappa shape index (κ2) is 5.21. The summed E-state index contributed by atoms with van der Waals surface area (Å²) in [7, 11) is 0. The van der Waals surface area contributed by atoms with Crippen LogP contribution in [0.2, 0.25) is 0 Å². The van der Waals surface area contributed by atoms with E-state index < -0.39 is 0 Å². The smallest absolute Gasteiger partial charge is 0.414 e. The van der Waals surface area contributed by atoms with Crippen LogP contribution in [0, 0.1) is 12.8 Å². The maximum atomic E-state index is 12.1. The molecule has 2 aliphatic rings. The topological polar surface area (TPSA) is 41.6 Å². The van der Waals surface area contributed by atoms with Gasteiger partial charge in [0.25, 0.3) is 0 Å². The Morgan fingerprint density at radius 3 is 2.74 bits per heavy atom. The first-order valence-corrected chi connectivity index (χ1v) is 7.00. The van der Waals surface area contributed by atoms with Gasteiger partial charge < -0.3 is 10.1 Å². The van der Waals surface area contributed by atoms with Crippen molar-refractivity contribution in [2.45, 2.75) is 25.9 Å². The van der Waals surface area contributed by atoms with Gasteiger partial charge in [-0.05, 0) is 44.5 Å². The quantitative estimate of drug-likeness (QED) is 0.887. The molecule has 1 aromatic rings. The van der Waals surface area contributed by atoms with E-state index in [2.05, 4.69) is 5.32 Å².